The van der Waals surface area contributed by atoms with Crippen LogP contribution in [0.2, 0.25) is 0 Å². The molecule has 0 bridgehead atoms. The Morgan fingerprint density at radius 2 is 1.85 bits per heavy atom. The zero-order valence-electron chi connectivity index (χ0n) is 14.9. The van der Waals surface area contributed by atoms with Gasteiger partial charge >= 0.3 is 0 Å². The maximum absolute atomic E-state index is 12.3. The lowest BCUT2D eigenvalue weighted by Gasteiger charge is -2.10. The Morgan fingerprint density at radius 3 is 2.54 bits per heavy atom. The summed E-state index contributed by atoms with van der Waals surface area (Å²) in [5.41, 5.74) is 4.41. The molecular weight excluding hydrogens is 324 g/mol. The molecule has 0 saturated carbocycles. The van der Waals surface area contributed by atoms with Crippen molar-refractivity contribution in [3.8, 4) is 0 Å². The van der Waals surface area contributed by atoms with Crippen LogP contribution in [0, 0.1) is 0 Å². The van der Waals surface area contributed by atoms with Crippen molar-refractivity contribution >= 4 is 17.3 Å². The van der Waals surface area contributed by atoms with E-state index in [-0.39, 0.29) is 5.91 Å². The topological polar surface area (TPSA) is 66.9 Å². The van der Waals surface area contributed by atoms with Crippen LogP contribution >= 0.6 is 0 Å². The molecule has 0 aliphatic heterocycles. The average molecular weight is 346 g/mol. The van der Waals surface area contributed by atoms with Gasteiger partial charge in [-0.25, -0.2) is 0 Å². The van der Waals surface area contributed by atoms with E-state index in [2.05, 4.69) is 46.6 Å². The molecule has 1 amide bonds. The summed E-state index contributed by atoms with van der Waals surface area (Å²) in [4.78, 5) is 20.5. The average Bonchev–Trinajstić information content (AvgIpc) is 2.67. The molecule has 2 heterocycles. The molecule has 0 saturated heterocycles. The van der Waals surface area contributed by atoms with E-state index in [0.29, 0.717) is 18.2 Å². The van der Waals surface area contributed by atoms with Crippen molar-refractivity contribution in [1.29, 1.82) is 0 Å². The summed E-state index contributed by atoms with van der Waals surface area (Å²) in [5, 5.41) is 6.17. The Hall–Kier alpha value is -3.21. The SMILES string of the molecule is CC(C)c1ccc(Nc2ccnc(C(=O)NCc3cccnc3)c2)cc1. The van der Waals surface area contributed by atoms with E-state index in [1.807, 2.05) is 30.3 Å². The van der Waals surface area contributed by atoms with Crippen LogP contribution in [0.5, 0.6) is 0 Å². The molecule has 5 heteroatoms. The third-order valence-corrected chi connectivity index (χ3v) is 4.03. The molecule has 132 valence electrons. The number of nitrogens with one attached hydrogen (secondary N) is 2. The molecule has 26 heavy (non-hydrogen) atoms. The largest absolute Gasteiger partial charge is 0.355 e. The number of hydrogen-bond donors (Lipinski definition) is 2. The van der Waals surface area contributed by atoms with Crippen molar-refractivity contribution in [3.05, 3.63) is 83.9 Å². The Kier molecular flexibility index (Phi) is 5.59. The van der Waals surface area contributed by atoms with Gasteiger partial charge in [-0.3, -0.25) is 14.8 Å². The van der Waals surface area contributed by atoms with Gasteiger partial charge in [0.1, 0.15) is 5.69 Å². The van der Waals surface area contributed by atoms with Gasteiger partial charge < -0.3 is 10.6 Å². The van der Waals surface area contributed by atoms with Crippen molar-refractivity contribution in [2.75, 3.05) is 5.32 Å². The van der Waals surface area contributed by atoms with Crippen molar-refractivity contribution in [2.24, 2.45) is 0 Å². The molecule has 0 unspecified atom stereocenters. The molecule has 1 aromatic carbocycles. The fraction of sp³-hybridized carbons (Fsp3) is 0.190. The van der Waals surface area contributed by atoms with Crippen LogP contribution in [0.1, 0.15) is 41.4 Å². The third-order valence-electron chi connectivity index (χ3n) is 4.03. The lowest BCUT2D eigenvalue weighted by Crippen LogP contribution is -2.23. The number of carbonyl (C=O) groups excluding carboxylic acids is 1. The summed E-state index contributed by atoms with van der Waals surface area (Å²) in [6.45, 7) is 4.76. The van der Waals surface area contributed by atoms with Crippen LogP contribution in [0.25, 0.3) is 0 Å². The van der Waals surface area contributed by atoms with Crippen LogP contribution in [0.3, 0.4) is 0 Å². The van der Waals surface area contributed by atoms with Gasteiger partial charge in [0.05, 0.1) is 0 Å². The van der Waals surface area contributed by atoms with Crippen molar-refractivity contribution < 1.29 is 4.79 Å². The fourth-order valence-electron chi connectivity index (χ4n) is 2.53. The van der Waals surface area contributed by atoms with Crippen LogP contribution in [0.15, 0.2) is 67.1 Å². The number of hydrogen-bond acceptors (Lipinski definition) is 4. The standard InChI is InChI=1S/C21H22N4O/c1-15(2)17-5-7-18(8-6-17)25-19-9-11-23-20(12-19)21(26)24-14-16-4-3-10-22-13-16/h3-13,15H,14H2,1-2H3,(H,23,25)(H,24,26). The fourth-order valence-corrected chi connectivity index (χ4v) is 2.53. The quantitative estimate of drug-likeness (QED) is 0.699. The number of benzene rings is 1. The summed E-state index contributed by atoms with van der Waals surface area (Å²) in [6, 6.07) is 15.6. The smallest absolute Gasteiger partial charge is 0.270 e. The summed E-state index contributed by atoms with van der Waals surface area (Å²) < 4.78 is 0. The van der Waals surface area contributed by atoms with E-state index in [1.165, 1.54) is 5.56 Å². The predicted molar refractivity (Wildman–Crippen MR) is 103 cm³/mol. The zero-order valence-corrected chi connectivity index (χ0v) is 14.9. The molecule has 0 fully saturated rings. The number of nitrogens with zero attached hydrogens (tertiary/aromatic N) is 2. The number of aromatic nitrogens is 2. The molecule has 0 aliphatic carbocycles. The van der Waals surface area contributed by atoms with E-state index in [0.717, 1.165) is 16.9 Å². The highest BCUT2D eigenvalue weighted by atomic mass is 16.1. The molecule has 0 spiro atoms. The third kappa shape index (κ3) is 4.66. The molecule has 2 aromatic heterocycles. The Bertz CT molecular complexity index is 861. The Labute approximate surface area is 153 Å². The summed E-state index contributed by atoms with van der Waals surface area (Å²) >= 11 is 0. The van der Waals surface area contributed by atoms with E-state index >= 15 is 0 Å². The number of rotatable bonds is 6. The van der Waals surface area contributed by atoms with Crippen LogP contribution in [0.4, 0.5) is 11.4 Å². The first-order valence-corrected chi connectivity index (χ1v) is 8.62. The predicted octanol–water partition coefficient (Wildman–Crippen LogP) is 4.27. The van der Waals surface area contributed by atoms with E-state index in [1.54, 1.807) is 24.7 Å². The molecule has 3 rings (SSSR count). The maximum atomic E-state index is 12.3. The molecule has 0 aliphatic rings. The van der Waals surface area contributed by atoms with Crippen molar-refractivity contribution in [3.63, 3.8) is 0 Å². The van der Waals surface area contributed by atoms with Gasteiger partial charge in [0, 0.05) is 36.5 Å². The number of carbonyl (C=O) groups is 1. The van der Waals surface area contributed by atoms with Gasteiger partial charge in [0.15, 0.2) is 0 Å². The minimum absolute atomic E-state index is 0.215. The number of amides is 1. The maximum Gasteiger partial charge on any atom is 0.270 e. The van der Waals surface area contributed by atoms with Crippen LogP contribution in [-0.2, 0) is 6.54 Å². The minimum Gasteiger partial charge on any atom is -0.355 e. The Balaban J connectivity index is 1.64. The number of anilines is 2. The van der Waals surface area contributed by atoms with E-state index in [9.17, 15) is 4.79 Å². The van der Waals surface area contributed by atoms with Gasteiger partial charge in [0.2, 0.25) is 0 Å². The zero-order chi connectivity index (χ0) is 18.4. The molecule has 0 atom stereocenters. The molecule has 2 N–H and O–H groups in total. The van der Waals surface area contributed by atoms with Gasteiger partial charge in [-0.2, -0.15) is 0 Å². The first kappa shape index (κ1) is 17.6. The first-order valence-electron chi connectivity index (χ1n) is 8.62. The monoisotopic (exact) mass is 346 g/mol. The summed E-state index contributed by atoms with van der Waals surface area (Å²) in [6.07, 6.45) is 5.06. The second-order valence-electron chi connectivity index (χ2n) is 6.38. The highest BCUT2D eigenvalue weighted by Gasteiger charge is 2.08. The second kappa shape index (κ2) is 8.25. The van der Waals surface area contributed by atoms with E-state index < -0.39 is 0 Å². The first-order chi connectivity index (χ1) is 12.6. The van der Waals surface area contributed by atoms with Gasteiger partial charge in [-0.15, -0.1) is 0 Å². The van der Waals surface area contributed by atoms with Gasteiger partial charge in [0.25, 0.3) is 5.91 Å². The molecule has 0 radical (unpaired) electrons. The minimum atomic E-state index is -0.215. The molecule has 5 nitrogen and oxygen atoms in total. The highest BCUT2D eigenvalue weighted by Crippen LogP contribution is 2.20. The number of pyridine rings is 2. The normalized spacial score (nSPS) is 10.6. The highest BCUT2D eigenvalue weighted by molar-refractivity contribution is 5.93. The lowest BCUT2D eigenvalue weighted by atomic mass is 10.0. The lowest BCUT2D eigenvalue weighted by molar-refractivity contribution is 0.0946. The van der Waals surface area contributed by atoms with Crippen LogP contribution in [-0.4, -0.2) is 15.9 Å². The second-order valence-corrected chi connectivity index (χ2v) is 6.38. The van der Waals surface area contributed by atoms with E-state index in [4.69, 9.17) is 0 Å². The van der Waals surface area contributed by atoms with Crippen molar-refractivity contribution in [1.82, 2.24) is 15.3 Å². The van der Waals surface area contributed by atoms with Gasteiger partial charge in [-0.1, -0.05) is 32.0 Å². The van der Waals surface area contributed by atoms with Crippen LogP contribution < -0.4 is 10.6 Å². The summed E-state index contributed by atoms with van der Waals surface area (Å²) in [7, 11) is 0. The van der Waals surface area contributed by atoms with Gasteiger partial charge in [-0.05, 0) is 47.4 Å². The Morgan fingerprint density at radius 1 is 1.04 bits per heavy atom. The van der Waals surface area contributed by atoms with Crippen molar-refractivity contribution in [2.45, 2.75) is 26.3 Å². The molecule has 3 aromatic rings. The molecular formula is C21H22N4O. The summed E-state index contributed by atoms with van der Waals surface area (Å²) in [5.74, 6) is 0.285.